The van der Waals surface area contributed by atoms with E-state index in [2.05, 4.69) is 54.9 Å². The molecule has 0 saturated carbocycles. The first-order valence-corrected chi connectivity index (χ1v) is 22.2. The van der Waals surface area contributed by atoms with Crippen molar-refractivity contribution in [3.8, 4) is 11.5 Å². The van der Waals surface area contributed by atoms with Crippen molar-refractivity contribution in [3.05, 3.63) is 123 Å². The van der Waals surface area contributed by atoms with Crippen LogP contribution in [0, 0.1) is 22.0 Å². The SMILES string of the molecule is CC1=CC[C@@H](CN2CCN(c3ccc(C(=O)NS(=O)(=O)c4ccc(NCC5CCOCC5)c([N+](=O)[O-])c4)c(Oc4cnc5[nH]ccc5c4)c3)CC2)[C@H](c2ccc(Cl)cc2)C1. The van der Waals surface area contributed by atoms with Gasteiger partial charge in [0.1, 0.15) is 22.8 Å². The number of benzene rings is 3. The number of hydrogen-bond donors (Lipinski definition) is 3. The van der Waals surface area contributed by atoms with Crippen molar-refractivity contribution < 1.29 is 27.6 Å². The number of pyridine rings is 1. The third kappa shape index (κ3) is 9.60. The summed E-state index contributed by atoms with van der Waals surface area (Å²) in [6.07, 6.45) is 9.36. The molecular weight excluding hydrogens is 806 g/mol. The van der Waals surface area contributed by atoms with Crippen molar-refractivity contribution in [1.82, 2.24) is 19.6 Å². The summed E-state index contributed by atoms with van der Waals surface area (Å²) in [7, 11) is -4.55. The van der Waals surface area contributed by atoms with E-state index in [0.29, 0.717) is 43.0 Å². The molecule has 1 aliphatic carbocycles. The lowest BCUT2D eigenvalue weighted by Gasteiger charge is -2.40. The van der Waals surface area contributed by atoms with Crippen LogP contribution in [0.3, 0.4) is 0 Å². The van der Waals surface area contributed by atoms with E-state index in [-0.39, 0.29) is 22.9 Å². The zero-order valence-corrected chi connectivity index (χ0v) is 34.9. The first kappa shape index (κ1) is 41.3. The summed E-state index contributed by atoms with van der Waals surface area (Å²) >= 11 is 6.22. The number of halogens is 1. The van der Waals surface area contributed by atoms with Gasteiger partial charge in [-0.25, -0.2) is 18.1 Å². The fourth-order valence-electron chi connectivity index (χ4n) is 8.44. The number of hydrogen-bond acceptors (Lipinski definition) is 11. The molecule has 2 atom stereocenters. The molecule has 60 heavy (non-hydrogen) atoms. The van der Waals surface area contributed by atoms with Gasteiger partial charge in [-0.15, -0.1) is 0 Å². The van der Waals surface area contributed by atoms with Crippen LogP contribution in [0.25, 0.3) is 11.0 Å². The van der Waals surface area contributed by atoms with Gasteiger partial charge in [0.15, 0.2) is 0 Å². The number of nitro benzene ring substituents is 1. The summed E-state index contributed by atoms with van der Waals surface area (Å²) in [5.41, 5.74) is 3.96. The fourth-order valence-corrected chi connectivity index (χ4v) is 9.55. The van der Waals surface area contributed by atoms with Gasteiger partial charge in [0.25, 0.3) is 21.6 Å². The Morgan fingerprint density at radius 3 is 2.58 bits per heavy atom. The first-order valence-electron chi connectivity index (χ1n) is 20.3. The monoisotopic (exact) mass is 853 g/mol. The maximum absolute atomic E-state index is 13.9. The van der Waals surface area contributed by atoms with Crippen LogP contribution in [-0.4, -0.2) is 86.6 Å². The minimum absolute atomic E-state index is 0.0340. The number of aromatic nitrogens is 2. The van der Waals surface area contributed by atoms with Gasteiger partial charge in [-0.2, -0.15) is 0 Å². The molecule has 0 radical (unpaired) electrons. The topological polar surface area (TPSA) is 172 Å². The Morgan fingerprint density at radius 1 is 1.03 bits per heavy atom. The standard InChI is InChI=1S/C44H48ClN7O7S/c1-29-2-3-33(39(22-29)31-4-6-34(45)7-5-31)28-50-16-18-51(19-17-50)35-8-10-38(42(24-35)59-36-23-32-12-15-46-43(32)48-27-36)44(53)49-60(56,57)37-9-11-40(41(25-37)52(54)55)47-26-30-13-20-58-21-14-30/h2,4-12,15,23-25,27,30,33,39,47H,3,13-14,16-22,26,28H2,1H3,(H,46,48)(H,49,53)/t33-,39-/m0/s1. The highest BCUT2D eigenvalue weighted by molar-refractivity contribution is 7.90. The van der Waals surface area contributed by atoms with Crippen molar-refractivity contribution >= 4 is 55.6 Å². The van der Waals surface area contributed by atoms with Gasteiger partial charge in [0, 0.05) is 86.9 Å². The summed E-state index contributed by atoms with van der Waals surface area (Å²) in [5.74, 6) is 0.710. The van der Waals surface area contributed by atoms with Gasteiger partial charge in [-0.1, -0.05) is 35.4 Å². The molecule has 8 rings (SSSR count). The highest BCUT2D eigenvalue weighted by Crippen LogP contribution is 2.39. The van der Waals surface area contributed by atoms with Gasteiger partial charge in [-0.3, -0.25) is 19.8 Å². The van der Waals surface area contributed by atoms with Gasteiger partial charge in [0.2, 0.25) is 0 Å². The maximum Gasteiger partial charge on any atom is 0.293 e. The number of nitrogens with zero attached hydrogens (tertiary/aromatic N) is 4. The number of H-pyrrole nitrogens is 1. The van der Waals surface area contributed by atoms with E-state index in [9.17, 15) is 23.3 Å². The molecule has 0 spiro atoms. The second-order valence-electron chi connectivity index (χ2n) is 15.9. The highest BCUT2D eigenvalue weighted by atomic mass is 35.5. The van der Waals surface area contributed by atoms with Crippen LogP contribution in [0.4, 0.5) is 17.1 Å². The van der Waals surface area contributed by atoms with Crippen molar-refractivity contribution in [2.24, 2.45) is 11.8 Å². The number of piperazine rings is 1. The molecule has 0 bridgehead atoms. The molecule has 14 nitrogen and oxygen atoms in total. The number of aromatic amines is 1. The highest BCUT2D eigenvalue weighted by Gasteiger charge is 2.31. The zero-order valence-electron chi connectivity index (χ0n) is 33.3. The average molecular weight is 854 g/mol. The Balaban J connectivity index is 0.988. The number of anilines is 2. The number of nitrogens with one attached hydrogen (secondary N) is 3. The van der Waals surface area contributed by atoms with Crippen LogP contribution in [0.15, 0.2) is 102 Å². The number of carbonyl (C=O) groups is 1. The lowest BCUT2D eigenvalue weighted by Crippen LogP contribution is -2.48. The molecule has 2 saturated heterocycles. The second kappa shape index (κ2) is 18.0. The van der Waals surface area contributed by atoms with Gasteiger partial charge in [-0.05, 0) is 104 Å². The van der Waals surface area contributed by atoms with E-state index in [1.54, 1.807) is 30.5 Å². The number of allylic oxidation sites excluding steroid dienone is 2. The van der Waals surface area contributed by atoms with E-state index in [0.717, 1.165) is 80.6 Å². The van der Waals surface area contributed by atoms with Crippen LogP contribution < -0.4 is 19.7 Å². The quantitative estimate of drug-likeness (QED) is 0.0593. The number of ether oxygens (including phenoxy) is 2. The van der Waals surface area contributed by atoms with E-state index in [1.807, 2.05) is 18.2 Å². The Hall–Kier alpha value is -5.48. The molecule has 4 heterocycles. The molecule has 2 fully saturated rings. The number of rotatable bonds is 13. The summed E-state index contributed by atoms with van der Waals surface area (Å²) < 4.78 is 41.1. The molecule has 2 aliphatic heterocycles. The fraction of sp³-hybridized carbons (Fsp3) is 0.364. The largest absolute Gasteiger partial charge is 0.455 e. The van der Waals surface area contributed by atoms with E-state index in [1.165, 1.54) is 29.5 Å². The summed E-state index contributed by atoms with van der Waals surface area (Å²) in [6.45, 7) is 8.08. The lowest BCUT2D eigenvalue weighted by atomic mass is 9.75. The Kier molecular flexibility index (Phi) is 12.4. The lowest BCUT2D eigenvalue weighted by molar-refractivity contribution is -0.384. The van der Waals surface area contributed by atoms with Crippen molar-refractivity contribution in [3.63, 3.8) is 0 Å². The second-order valence-corrected chi connectivity index (χ2v) is 18.0. The molecule has 5 aromatic rings. The molecule has 16 heteroatoms. The first-order chi connectivity index (χ1) is 29.0. The van der Waals surface area contributed by atoms with Crippen LogP contribution in [-0.2, 0) is 14.8 Å². The molecule has 3 aromatic carbocycles. The predicted octanol–water partition coefficient (Wildman–Crippen LogP) is 8.14. The van der Waals surface area contributed by atoms with Gasteiger partial charge in [0.05, 0.1) is 21.6 Å². The maximum atomic E-state index is 13.9. The van der Waals surface area contributed by atoms with Crippen LogP contribution >= 0.6 is 11.6 Å². The smallest absolute Gasteiger partial charge is 0.293 e. The molecule has 0 unspecified atom stereocenters. The van der Waals surface area contributed by atoms with Crippen LogP contribution in [0.1, 0.15) is 54.4 Å². The molecule has 3 aliphatic rings. The van der Waals surface area contributed by atoms with Gasteiger partial charge < -0.3 is 24.7 Å². The van der Waals surface area contributed by atoms with Crippen molar-refractivity contribution in [1.29, 1.82) is 0 Å². The number of fused-ring (bicyclic) bond motifs is 1. The van der Waals surface area contributed by atoms with Crippen molar-refractivity contribution in [2.75, 3.05) is 62.7 Å². The Labute approximate surface area is 354 Å². The van der Waals surface area contributed by atoms with E-state index in [4.69, 9.17) is 21.1 Å². The third-order valence-electron chi connectivity index (χ3n) is 11.8. The number of sulfonamides is 1. The van der Waals surface area contributed by atoms with Crippen LogP contribution in [0.5, 0.6) is 11.5 Å². The summed E-state index contributed by atoms with van der Waals surface area (Å²) in [6, 6.07) is 20.5. The normalized spacial score (nSPS) is 19.2. The van der Waals surface area contributed by atoms with E-state index >= 15 is 0 Å². The van der Waals surface area contributed by atoms with Gasteiger partial charge >= 0.3 is 0 Å². The summed E-state index contributed by atoms with van der Waals surface area (Å²) in [5, 5.41) is 16.7. The summed E-state index contributed by atoms with van der Waals surface area (Å²) in [4.78, 5) is 37.1. The number of nitro groups is 1. The minimum Gasteiger partial charge on any atom is -0.455 e. The number of carbonyl (C=O) groups excluding carboxylic acids is 1. The number of amides is 1. The Bertz CT molecular complexity index is 2500. The molecule has 1 amide bonds. The van der Waals surface area contributed by atoms with Crippen LogP contribution in [0.2, 0.25) is 5.02 Å². The molecule has 2 aromatic heterocycles. The Morgan fingerprint density at radius 2 is 1.82 bits per heavy atom. The molecular formula is C44H48ClN7O7S. The van der Waals surface area contributed by atoms with E-state index < -0.39 is 31.4 Å². The average Bonchev–Trinajstić information content (AvgIpc) is 3.72. The molecule has 314 valence electrons. The molecule has 3 N–H and O–H groups in total. The van der Waals surface area contributed by atoms with Crippen molar-refractivity contribution in [2.45, 2.75) is 43.4 Å². The minimum atomic E-state index is -4.55. The predicted molar refractivity (Wildman–Crippen MR) is 232 cm³/mol. The zero-order chi connectivity index (χ0) is 41.8. The third-order valence-corrected chi connectivity index (χ3v) is 13.4.